The highest BCUT2D eigenvalue weighted by Crippen LogP contribution is 2.26. The molecule has 0 bridgehead atoms. The van der Waals surface area contributed by atoms with E-state index in [4.69, 9.17) is 11.5 Å². The second kappa shape index (κ2) is 3.68. The Bertz CT molecular complexity index is 411. The number of nitrogens with two attached hydrogens (primary N) is 2. The van der Waals surface area contributed by atoms with Gasteiger partial charge in [-0.2, -0.15) is 0 Å². The number of guanidine groups is 1. The number of hydrogen-bond donors (Lipinski definition) is 4. The number of nitrogen functional groups attached to an aromatic ring is 2. The third-order valence-electron chi connectivity index (χ3n) is 2.48. The molecule has 5 heteroatoms. The zero-order valence-corrected chi connectivity index (χ0v) is 8.67. The summed E-state index contributed by atoms with van der Waals surface area (Å²) in [4.78, 5) is 4.25. The van der Waals surface area contributed by atoms with Crippen LogP contribution in [0.3, 0.4) is 0 Å². The van der Waals surface area contributed by atoms with Gasteiger partial charge in [0, 0.05) is 12.2 Å². The van der Waals surface area contributed by atoms with Crippen LogP contribution in [0.1, 0.15) is 5.56 Å². The number of benzene rings is 1. The Morgan fingerprint density at radius 3 is 2.87 bits per heavy atom. The van der Waals surface area contributed by atoms with E-state index >= 15 is 0 Å². The van der Waals surface area contributed by atoms with Gasteiger partial charge in [-0.1, -0.05) is 0 Å². The lowest BCUT2D eigenvalue weighted by atomic mass is 10.1. The average molecular weight is 205 g/mol. The fourth-order valence-electron chi connectivity index (χ4n) is 1.49. The Balaban J connectivity index is 2.25. The van der Waals surface area contributed by atoms with Gasteiger partial charge in [-0.25, -0.2) is 0 Å². The number of anilines is 3. The molecule has 1 aliphatic rings. The summed E-state index contributed by atoms with van der Waals surface area (Å²) >= 11 is 0. The monoisotopic (exact) mass is 205 g/mol. The van der Waals surface area contributed by atoms with E-state index in [9.17, 15) is 0 Å². The number of hydrogen-bond acceptors (Lipinski definition) is 5. The van der Waals surface area contributed by atoms with Crippen LogP contribution < -0.4 is 22.1 Å². The molecule has 0 saturated carbocycles. The summed E-state index contributed by atoms with van der Waals surface area (Å²) in [6.07, 6.45) is 0. The summed E-state index contributed by atoms with van der Waals surface area (Å²) < 4.78 is 0. The highest BCUT2D eigenvalue weighted by atomic mass is 15.2. The van der Waals surface area contributed by atoms with Crippen LogP contribution in [-0.4, -0.2) is 19.0 Å². The van der Waals surface area contributed by atoms with Gasteiger partial charge >= 0.3 is 0 Å². The normalized spacial score (nSPS) is 14.6. The van der Waals surface area contributed by atoms with E-state index in [1.165, 1.54) is 0 Å². The molecule has 0 fully saturated rings. The second-order valence-corrected chi connectivity index (χ2v) is 3.52. The van der Waals surface area contributed by atoms with Crippen LogP contribution in [-0.2, 0) is 0 Å². The maximum atomic E-state index is 5.83. The van der Waals surface area contributed by atoms with Crippen molar-refractivity contribution < 1.29 is 0 Å². The lowest BCUT2D eigenvalue weighted by Crippen LogP contribution is -2.26. The first-order chi connectivity index (χ1) is 7.18. The largest absolute Gasteiger partial charge is 0.397 e. The molecule has 0 spiro atoms. The molecular weight excluding hydrogens is 190 g/mol. The van der Waals surface area contributed by atoms with E-state index in [0.29, 0.717) is 11.4 Å². The molecule has 0 saturated heterocycles. The maximum Gasteiger partial charge on any atom is 0.195 e. The molecule has 0 atom stereocenters. The van der Waals surface area contributed by atoms with Crippen LogP contribution in [0.2, 0.25) is 0 Å². The zero-order valence-electron chi connectivity index (χ0n) is 8.67. The molecule has 2 rings (SSSR count). The summed E-state index contributed by atoms with van der Waals surface area (Å²) in [5.41, 5.74) is 14.7. The zero-order chi connectivity index (χ0) is 10.8. The van der Waals surface area contributed by atoms with Crippen molar-refractivity contribution in [1.82, 2.24) is 5.32 Å². The van der Waals surface area contributed by atoms with Crippen molar-refractivity contribution in [2.45, 2.75) is 6.92 Å². The van der Waals surface area contributed by atoms with Crippen molar-refractivity contribution in [3.63, 3.8) is 0 Å². The van der Waals surface area contributed by atoms with Crippen molar-refractivity contribution in [2.75, 3.05) is 29.9 Å². The lowest BCUT2D eigenvalue weighted by Gasteiger charge is -2.12. The highest BCUT2D eigenvalue weighted by molar-refractivity contribution is 5.96. The first-order valence-corrected chi connectivity index (χ1v) is 4.88. The van der Waals surface area contributed by atoms with E-state index in [1.807, 2.05) is 13.0 Å². The van der Waals surface area contributed by atoms with Crippen LogP contribution in [0.25, 0.3) is 0 Å². The molecule has 1 heterocycles. The van der Waals surface area contributed by atoms with Gasteiger partial charge in [0.15, 0.2) is 5.96 Å². The van der Waals surface area contributed by atoms with Gasteiger partial charge in [0.25, 0.3) is 0 Å². The summed E-state index contributed by atoms with van der Waals surface area (Å²) in [7, 11) is 0. The predicted molar refractivity (Wildman–Crippen MR) is 63.9 cm³/mol. The molecule has 1 aromatic rings. The van der Waals surface area contributed by atoms with Gasteiger partial charge in [-0.05, 0) is 24.6 Å². The number of rotatable bonds is 1. The third kappa shape index (κ3) is 1.81. The highest BCUT2D eigenvalue weighted by Gasteiger charge is 2.09. The molecule has 0 unspecified atom stereocenters. The molecule has 0 amide bonds. The van der Waals surface area contributed by atoms with Gasteiger partial charge in [0.2, 0.25) is 0 Å². The van der Waals surface area contributed by atoms with Crippen LogP contribution in [0.4, 0.5) is 17.1 Å². The molecule has 5 nitrogen and oxygen atoms in total. The van der Waals surface area contributed by atoms with Gasteiger partial charge in [-0.3, -0.25) is 4.99 Å². The SMILES string of the molecule is Cc1c(NC2=NCCN2)ccc(N)c1N. The summed E-state index contributed by atoms with van der Waals surface area (Å²) in [5.74, 6) is 0.794. The summed E-state index contributed by atoms with van der Waals surface area (Å²) in [6.45, 7) is 3.63. The molecule has 80 valence electrons. The molecule has 1 aromatic carbocycles. The standard InChI is InChI=1S/C10H15N5/c1-6-8(3-2-7(11)9(6)12)15-10-13-4-5-14-10/h2-3H,4-5,11-12H2,1H3,(H2,13,14,15). The Morgan fingerprint density at radius 2 is 2.20 bits per heavy atom. The van der Waals surface area contributed by atoms with Crippen molar-refractivity contribution in [1.29, 1.82) is 0 Å². The minimum absolute atomic E-state index is 0.611. The summed E-state index contributed by atoms with van der Waals surface area (Å²) in [5, 5.41) is 6.31. The van der Waals surface area contributed by atoms with Gasteiger partial charge in [0.1, 0.15) is 0 Å². The van der Waals surface area contributed by atoms with Crippen molar-refractivity contribution in [3.8, 4) is 0 Å². The van der Waals surface area contributed by atoms with Crippen molar-refractivity contribution >= 4 is 23.0 Å². The Labute approximate surface area is 88.6 Å². The van der Waals surface area contributed by atoms with Crippen LogP contribution in [0.5, 0.6) is 0 Å². The number of nitrogens with one attached hydrogen (secondary N) is 2. The Morgan fingerprint density at radius 1 is 1.40 bits per heavy atom. The first kappa shape index (κ1) is 9.64. The molecule has 1 aliphatic heterocycles. The van der Waals surface area contributed by atoms with Gasteiger partial charge in [-0.15, -0.1) is 0 Å². The van der Waals surface area contributed by atoms with E-state index in [2.05, 4.69) is 15.6 Å². The molecule has 15 heavy (non-hydrogen) atoms. The number of aliphatic imine (C=N–C) groups is 1. The Kier molecular flexibility index (Phi) is 2.37. The smallest absolute Gasteiger partial charge is 0.195 e. The lowest BCUT2D eigenvalue weighted by molar-refractivity contribution is 0.959. The second-order valence-electron chi connectivity index (χ2n) is 3.52. The van der Waals surface area contributed by atoms with Crippen LogP contribution in [0, 0.1) is 6.92 Å². The fourth-order valence-corrected chi connectivity index (χ4v) is 1.49. The van der Waals surface area contributed by atoms with Crippen molar-refractivity contribution in [3.05, 3.63) is 17.7 Å². The van der Waals surface area contributed by atoms with E-state index in [1.54, 1.807) is 6.07 Å². The third-order valence-corrected chi connectivity index (χ3v) is 2.48. The number of nitrogens with zero attached hydrogens (tertiary/aromatic N) is 1. The van der Waals surface area contributed by atoms with Gasteiger partial charge in [0.05, 0.1) is 17.9 Å². The first-order valence-electron chi connectivity index (χ1n) is 4.88. The topological polar surface area (TPSA) is 88.5 Å². The fraction of sp³-hybridized carbons (Fsp3) is 0.300. The van der Waals surface area contributed by atoms with E-state index < -0.39 is 0 Å². The molecule has 0 aliphatic carbocycles. The molecular formula is C10H15N5. The van der Waals surface area contributed by atoms with E-state index in [-0.39, 0.29) is 0 Å². The predicted octanol–water partition coefficient (Wildman–Crippen LogP) is 0.531. The van der Waals surface area contributed by atoms with Crippen molar-refractivity contribution in [2.24, 2.45) is 4.99 Å². The van der Waals surface area contributed by atoms with Crippen LogP contribution >= 0.6 is 0 Å². The minimum Gasteiger partial charge on any atom is -0.397 e. The molecule has 0 radical (unpaired) electrons. The summed E-state index contributed by atoms with van der Waals surface area (Å²) in [6, 6.07) is 3.70. The average Bonchev–Trinajstić information content (AvgIpc) is 2.72. The Hall–Kier alpha value is -1.91. The molecule has 6 N–H and O–H groups in total. The molecule has 0 aromatic heterocycles. The maximum absolute atomic E-state index is 5.83. The van der Waals surface area contributed by atoms with Gasteiger partial charge < -0.3 is 22.1 Å². The van der Waals surface area contributed by atoms with E-state index in [0.717, 1.165) is 30.3 Å². The van der Waals surface area contributed by atoms with Crippen LogP contribution in [0.15, 0.2) is 17.1 Å². The quantitative estimate of drug-likeness (QED) is 0.504. The minimum atomic E-state index is 0.611.